The topological polar surface area (TPSA) is 59.8 Å². The van der Waals surface area contributed by atoms with Crippen LogP contribution in [0, 0.1) is 6.92 Å². The first-order valence-electron chi connectivity index (χ1n) is 11.7. The van der Waals surface area contributed by atoms with E-state index in [1.54, 1.807) is 36.4 Å². The standard InChI is InChI=1S/C28H31NO4S/c1-4-29(5-2)19-8-20-32-23-15-17-24(18-16-23)34(30,31)28-25-9-6-7-10-26(25)33-27(28)22-13-11-21(3)12-14-22/h6-7,9-18H,4-5,8,19-20H2,1-3H3. The van der Waals surface area contributed by atoms with Gasteiger partial charge >= 0.3 is 0 Å². The van der Waals surface area contributed by atoms with E-state index in [0.29, 0.717) is 29.1 Å². The number of para-hydroxylation sites is 1. The maximum Gasteiger partial charge on any atom is 0.211 e. The average Bonchev–Trinajstić information content (AvgIpc) is 3.25. The van der Waals surface area contributed by atoms with Gasteiger partial charge in [-0.3, -0.25) is 0 Å². The van der Waals surface area contributed by atoms with Gasteiger partial charge < -0.3 is 14.1 Å². The first kappa shape index (κ1) is 24.0. The Labute approximate surface area is 201 Å². The molecule has 0 saturated carbocycles. The summed E-state index contributed by atoms with van der Waals surface area (Å²) in [6, 6.07) is 21.6. The predicted octanol–water partition coefficient (Wildman–Crippen LogP) is 6.35. The molecule has 0 fully saturated rings. The van der Waals surface area contributed by atoms with Crippen molar-refractivity contribution in [2.24, 2.45) is 0 Å². The van der Waals surface area contributed by atoms with Crippen molar-refractivity contribution in [1.29, 1.82) is 0 Å². The molecule has 0 saturated heterocycles. The molecule has 4 aromatic rings. The van der Waals surface area contributed by atoms with Gasteiger partial charge in [0, 0.05) is 17.5 Å². The summed E-state index contributed by atoms with van der Waals surface area (Å²) in [5.41, 5.74) is 2.37. The smallest absolute Gasteiger partial charge is 0.211 e. The molecule has 0 bridgehead atoms. The van der Waals surface area contributed by atoms with E-state index in [9.17, 15) is 8.42 Å². The van der Waals surface area contributed by atoms with Gasteiger partial charge in [0.15, 0.2) is 5.76 Å². The molecule has 6 heteroatoms. The molecule has 0 atom stereocenters. The summed E-state index contributed by atoms with van der Waals surface area (Å²) in [5, 5.41) is 0.579. The maximum atomic E-state index is 13.8. The van der Waals surface area contributed by atoms with E-state index in [2.05, 4.69) is 18.7 Å². The van der Waals surface area contributed by atoms with Gasteiger partial charge in [-0.2, -0.15) is 0 Å². The van der Waals surface area contributed by atoms with Crippen molar-refractivity contribution in [3.05, 3.63) is 78.4 Å². The minimum atomic E-state index is -3.83. The number of nitrogens with zero attached hydrogens (tertiary/aromatic N) is 1. The summed E-state index contributed by atoms with van der Waals surface area (Å²) in [6.07, 6.45) is 0.919. The monoisotopic (exact) mass is 477 g/mol. The minimum Gasteiger partial charge on any atom is -0.494 e. The van der Waals surface area contributed by atoms with E-state index in [4.69, 9.17) is 9.15 Å². The molecule has 4 rings (SSSR count). The highest BCUT2D eigenvalue weighted by atomic mass is 32.2. The van der Waals surface area contributed by atoms with E-state index in [-0.39, 0.29) is 9.79 Å². The van der Waals surface area contributed by atoms with Crippen LogP contribution in [0.4, 0.5) is 0 Å². The van der Waals surface area contributed by atoms with Gasteiger partial charge in [-0.15, -0.1) is 0 Å². The summed E-state index contributed by atoms with van der Waals surface area (Å²) < 4.78 is 39.4. The Bertz CT molecular complexity index is 1340. The lowest BCUT2D eigenvalue weighted by Crippen LogP contribution is -2.25. The molecule has 178 valence electrons. The molecule has 5 nitrogen and oxygen atoms in total. The lowest BCUT2D eigenvalue weighted by atomic mass is 10.1. The molecule has 0 radical (unpaired) electrons. The van der Waals surface area contributed by atoms with Gasteiger partial charge in [0.1, 0.15) is 16.2 Å². The van der Waals surface area contributed by atoms with E-state index < -0.39 is 9.84 Å². The number of ether oxygens (including phenoxy) is 1. The van der Waals surface area contributed by atoms with Crippen LogP contribution in [-0.2, 0) is 9.84 Å². The minimum absolute atomic E-state index is 0.194. The summed E-state index contributed by atoms with van der Waals surface area (Å²) in [6.45, 7) is 9.91. The normalized spacial score (nSPS) is 11.9. The van der Waals surface area contributed by atoms with Crippen LogP contribution in [0.15, 0.2) is 87.0 Å². The predicted molar refractivity (Wildman–Crippen MR) is 136 cm³/mol. The zero-order valence-corrected chi connectivity index (χ0v) is 20.8. The number of rotatable bonds is 10. The highest BCUT2D eigenvalue weighted by Gasteiger charge is 2.29. The van der Waals surface area contributed by atoms with Gasteiger partial charge in [0.05, 0.1) is 11.5 Å². The average molecular weight is 478 g/mol. The highest BCUT2D eigenvalue weighted by molar-refractivity contribution is 7.91. The molecule has 0 aliphatic heterocycles. The first-order chi connectivity index (χ1) is 16.4. The molecular formula is C28H31NO4S. The maximum absolute atomic E-state index is 13.8. The molecule has 1 aromatic heterocycles. The Morgan fingerprint density at radius 3 is 2.24 bits per heavy atom. The molecular weight excluding hydrogens is 446 g/mol. The van der Waals surface area contributed by atoms with Crippen LogP contribution in [0.2, 0.25) is 0 Å². The second-order valence-electron chi connectivity index (χ2n) is 8.33. The number of sulfone groups is 1. The van der Waals surface area contributed by atoms with E-state index >= 15 is 0 Å². The Balaban J connectivity index is 1.61. The second-order valence-corrected chi connectivity index (χ2v) is 10.2. The molecule has 0 aliphatic rings. The van der Waals surface area contributed by atoms with Crippen LogP contribution in [-0.4, -0.2) is 39.6 Å². The van der Waals surface area contributed by atoms with Crippen molar-refractivity contribution in [3.63, 3.8) is 0 Å². The number of hydrogen-bond donors (Lipinski definition) is 0. The number of hydrogen-bond acceptors (Lipinski definition) is 5. The van der Waals surface area contributed by atoms with Crippen LogP contribution < -0.4 is 4.74 Å². The lowest BCUT2D eigenvalue weighted by molar-refractivity contribution is 0.249. The van der Waals surface area contributed by atoms with Gasteiger partial charge in [-0.05, 0) is 62.8 Å². The third-order valence-electron chi connectivity index (χ3n) is 6.05. The molecule has 3 aromatic carbocycles. The molecule has 0 amide bonds. The molecule has 0 spiro atoms. The summed E-state index contributed by atoms with van der Waals surface area (Å²) in [7, 11) is -3.83. The zero-order valence-electron chi connectivity index (χ0n) is 20.0. The number of fused-ring (bicyclic) bond motifs is 1. The van der Waals surface area contributed by atoms with Crippen molar-refractivity contribution in [1.82, 2.24) is 4.90 Å². The van der Waals surface area contributed by atoms with Gasteiger partial charge in [-0.25, -0.2) is 8.42 Å². The van der Waals surface area contributed by atoms with Gasteiger partial charge in [0.2, 0.25) is 9.84 Å². The third kappa shape index (κ3) is 5.03. The molecule has 34 heavy (non-hydrogen) atoms. The third-order valence-corrected chi connectivity index (χ3v) is 7.88. The van der Waals surface area contributed by atoms with Crippen LogP contribution in [0.5, 0.6) is 5.75 Å². The summed E-state index contributed by atoms with van der Waals surface area (Å²) in [4.78, 5) is 2.75. The SMILES string of the molecule is CCN(CC)CCCOc1ccc(S(=O)(=O)c2c(-c3ccc(C)cc3)oc3ccccc23)cc1. The van der Waals surface area contributed by atoms with E-state index in [0.717, 1.165) is 37.2 Å². The first-order valence-corrected chi connectivity index (χ1v) is 13.2. The van der Waals surface area contributed by atoms with Crippen LogP contribution in [0.1, 0.15) is 25.8 Å². The number of furan rings is 1. The van der Waals surface area contributed by atoms with Crippen molar-refractivity contribution in [2.75, 3.05) is 26.2 Å². The Morgan fingerprint density at radius 1 is 0.882 bits per heavy atom. The van der Waals surface area contributed by atoms with Crippen LogP contribution in [0.25, 0.3) is 22.3 Å². The highest BCUT2D eigenvalue weighted by Crippen LogP contribution is 2.40. The lowest BCUT2D eigenvalue weighted by Gasteiger charge is -2.17. The fourth-order valence-electron chi connectivity index (χ4n) is 4.03. The fourth-order valence-corrected chi connectivity index (χ4v) is 5.63. The molecule has 0 aliphatic carbocycles. The molecule has 0 N–H and O–H groups in total. The second kappa shape index (κ2) is 10.5. The number of aryl methyl sites for hydroxylation is 1. The Morgan fingerprint density at radius 2 is 1.56 bits per heavy atom. The largest absolute Gasteiger partial charge is 0.494 e. The summed E-state index contributed by atoms with van der Waals surface area (Å²) in [5.74, 6) is 1.02. The molecule has 0 unspecified atom stereocenters. The van der Waals surface area contributed by atoms with Crippen LogP contribution in [0.3, 0.4) is 0 Å². The van der Waals surface area contributed by atoms with E-state index in [1.807, 2.05) is 43.3 Å². The van der Waals surface area contributed by atoms with Crippen molar-refractivity contribution in [2.45, 2.75) is 37.0 Å². The van der Waals surface area contributed by atoms with E-state index in [1.165, 1.54) is 0 Å². The van der Waals surface area contributed by atoms with Crippen LogP contribution >= 0.6 is 0 Å². The number of benzene rings is 3. The Hall–Kier alpha value is -3.09. The van der Waals surface area contributed by atoms with Crippen molar-refractivity contribution < 1.29 is 17.6 Å². The van der Waals surface area contributed by atoms with Crippen molar-refractivity contribution >= 4 is 20.8 Å². The fraction of sp³-hybridized carbons (Fsp3) is 0.286. The summed E-state index contributed by atoms with van der Waals surface area (Å²) >= 11 is 0. The van der Waals surface area contributed by atoms with Gasteiger partial charge in [-0.1, -0.05) is 55.8 Å². The quantitative estimate of drug-likeness (QED) is 0.249. The van der Waals surface area contributed by atoms with Crippen molar-refractivity contribution in [3.8, 4) is 17.1 Å². The van der Waals surface area contributed by atoms with Gasteiger partial charge in [0.25, 0.3) is 0 Å². The zero-order chi connectivity index (χ0) is 24.1. The Kier molecular flexibility index (Phi) is 7.39. The molecule has 1 heterocycles.